The van der Waals surface area contributed by atoms with Crippen LogP contribution in [0, 0.1) is 11.7 Å². The minimum absolute atomic E-state index is 0.0197. The Kier molecular flexibility index (Phi) is 6.83. The smallest absolute Gasteiger partial charge is 0.330 e. The number of benzene rings is 1. The second-order valence-electron chi connectivity index (χ2n) is 8.01. The van der Waals surface area contributed by atoms with Crippen molar-refractivity contribution >= 4 is 0 Å². The summed E-state index contributed by atoms with van der Waals surface area (Å²) in [6.45, 7) is 4.28. The van der Waals surface area contributed by atoms with Crippen LogP contribution in [0.2, 0.25) is 0 Å². The molecule has 1 aliphatic carbocycles. The van der Waals surface area contributed by atoms with Crippen LogP contribution in [0.1, 0.15) is 68.7 Å². The topological polar surface area (TPSA) is 64.1 Å². The lowest BCUT2D eigenvalue weighted by atomic mass is 9.84. The highest BCUT2D eigenvalue weighted by atomic mass is 19.1. The number of nitrogens with zero attached hydrogens (tertiary/aromatic N) is 1. The van der Waals surface area contributed by atoms with Gasteiger partial charge in [0.05, 0.1) is 6.61 Å². The van der Waals surface area contributed by atoms with E-state index in [0.717, 1.165) is 30.5 Å². The highest BCUT2D eigenvalue weighted by molar-refractivity contribution is 5.22. The number of hydrogen-bond donors (Lipinski definition) is 1. The lowest BCUT2D eigenvalue weighted by molar-refractivity contribution is 0.0580. The van der Waals surface area contributed by atoms with Gasteiger partial charge in [-0.1, -0.05) is 58.1 Å². The molecule has 1 heterocycles. The minimum Gasteiger partial charge on any atom is -0.356 e. The van der Waals surface area contributed by atoms with Gasteiger partial charge in [0.25, 0.3) is 5.56 Å². The first kappa shape index (κ1) is 20.5. The number of aromatic amines is 1. The number of nitrogens with one attached hydrogen (secondary N) is 1. The highest BCUT2D eigenvalue weighted by Gasteiger charge is 2.22. The summed E-state index contributed by atoms with van der Waals surface area (Å²) in [4.78, 5) is 27.5. The third-order valence-corrected chi connectivity index (χ3v) is 5.53. The van der Waals surface area contributed by atoms with Crippen molar-refractivity contribution in [3.8, 4) is 0 Å². The van der Waals surface area contributed by atoms with Crippen LogP contribution in [0.3, 0.4) is 0 Å². The number of hydrogen-bond acceptors (Lipinski definition) is 3. The van der Waals surface area contributed by atoms with Gasteiger partial charge in [-0.25, -0.2) is 9.18 Å². The molecule has 1 saturated carbocycles. The molecule has 0 aliphatic heterocycles. The van der Waals surface area contributed by atoms with Gasteiger partial charge in [-0.15, -0.1) is 0 Å². The summed E-state index contributed by atoms with van der Waals surface area (Å²) in [6, 6.07) is 6.09. The van der Waals surface area contributed by atoms with Crippen LogP contribution >= 0.6 is 0 Å². The number of H-pyrrole nitrogens is 1. The molecule has 0 amide bonds. The van der Waals surface area contributed by atoms with Crippen LogP contribution in [0.5, 0.6) is 0 Å². The first-order chi connectivity index (χ1) is 13.5. The molecule has 6 heteroatoms. The summed E-state index contributed by atoms with van der Waals surface area (Å²) in [5.41, 5.74) is 1.59. The first-order valence-electron chi connectivity index (χ1n) is 10.1. The summed E-state index contributed by atoms with van der Waals surface area (Å²) in [5.74, 6) is 0.221. The summed E-state index contributed by atoms with van der Waals surface area (Å²) in [7, 11) is 0. The number of halogens is 1. The van der Waals surface area contributed by atoms with Gasteiger partial charge in [0.1, 0.15) is 12.5 Å². The maximum atomic E-state index is 13.0. The second-order valence-corrected chi connectivity index (χ2v) is 8.01. The molecular weight excluding hydrogens is 359 g/mol. The Labute approximate surface area is 164 Å². The van der Waals surface area contributed by atoms with Gasteiger partial charge >= 0.3 is 5.69 Å². The molecule has 0 radical (unpaired) electrons. The molecular formula is C22H29FN2O3. The molecule has 3 rings (SSSR count). The lowest BCUT2D eigenvalue weighted by Gasteiger charge is -2.25. The Balaban J connectivity index is 1.85. The van der Waals surface area contributed by atoms with Gasteiger partial charge in [-0.2, -0.15) is 0 Å². The normalized spacial score (nSPS) is 15.3. The van der Waals surface area contributed by atoms with Crippen molar-refractivity contribution in [3.63, 3.8) is 0 Å². The molecule has 1 aromatic carbocycles. The van der Waals surface area contributed by atoms with Crippen molar-refractivity contribution in [2.45, 2.75) is 71.6 Å². The van der Waals surface area contributed by atoms with Crippen molar-refractivity contribution in [3.05, 3.63) is 67.7 Å². The van der Waals surface area contributed by atoms with Crippen molar-refractivity contribution in [1.82, 2.24) is 9.55 Å². The zero-order chi connectivity index (χ0) is 20.1. The molecule has 5 nitrogen and oxygen atoms in total. The molecule has 0 bridgehead atoms. The van der Waals surface area contributed by atoms with E-state index in [9.17, 15) is 14.0 Å². The second kappa shape index (κ2) is 9.32. The summed E-state index contributed by atoms with van der Waals surface area (Å²) in [6.07, 6.45) is 6.67. The van der Waals surface area contributed by atoms with E-state index < -0.39 is 5.69 Å². The average molecular weight is 388 g/mol. The maximum Gasteiger partial charge on any atom is 0.330 e. The molecule has 0 saturated heterocycles. The molecule has 2 aromatic rings. The van der Waals surface area contributed by atoms with Crippen molar-refractivity contribution < 1.29 is 9.13 Å². The zero-order valence-electron chi connectivity index (χ0n) is 16.7. The largest absolute Gasteiger partial charge is 0.356 e. The van der Waals surface area contributed by atoms with Crippen LogP contribution < -0.4 is 11.2 Å². The van der Waals surface area contributed by atoms with E-state index in [0.29, 0.717) is 11.5 Å². The molecule has 0 unspecified atom stereocenters. The Morgan fingerprint density at radius 2 is 1.82 bits per heavy atom. The molecule has 1 N–H and O–H groups in total. The van der Waals surface area contributed by atoms with Crippen molar-refractivity contribution in [2.24, 2.45) is 5.92 Å². The third-order valence-electron chi connectivity index (χ3n) is 5.53. The Morgan fingerprint density at radius 1 is 1.14 bits per heavy atom. The van der Waals surface area contributed by atoms with E-state index >= 15 is 0 Å². The first-order valence-corrected chi connectivity index (χ1v) is 10.1. The number of aromatic nitrogens is 2. The quantitative estimate of drug-likeness (QED) is 0.777. The summed E-state index contributed by atoms with van der Waals surface area (Å²) < 4.78 is 20.4. The van der Waals surface area contributed by atoms with Gasteiger partial charge in [0, 0.05) is 11.3 Å². The molecule has 1 aromatic heterocycles. The van der Waals surface area contributed by atoms with Crippen LogP contribution in [0.4, 0.5) is 4.39 Å². The van der Waals surface area contributed by atoms with Crippen LogP contribution in [-0.2, 0) is 24.5 Å². The van der Waals surface area contributed by atoms with Gasteiger partial charge in [0.15, 0.2) is 0 Å². The molecule has 0 atom stereocenters. The van der Waals surface area contributed by atoms with Gasteiger partial charge in [-0.05, 0) is 36.0 Å². The Morgan fingerprint density at radius 3 is 2.46 bits per heavy atom. The van der Waals surface area contributed by atoms with Crippen molar-refractivity contribution in [1.29, 1.82) is 0 Å². The molecule has 1 aliphatic rings. The van der Waals surface area contributed by atoms with Gasteiger partial charge < -0.3 is 4.74 Å². The van der Waals surface area contributed by atoms with E-state index in [1.807, 2.05) is 13.8 Å². The average Bonchev–Trinajstić information content (AvgIpc) is 2.66. The van der Waals surface area contributed by atoms with Crippen molar-refractivity contribution in [2.75, 3.05) is 0 Å². The predicted octanol–water partition coefficient (Wildman–Crippen LogP) is 4.10. The molecule has 28 heavy (non-hydrogen) atoms. The monoisotopic (exact) mass is 388 g/mol. The molecule has 1 fully saturated rings. The van der Waals surface area contributed by atoms with Crippen LogP contribution in [-0.4, -0.2) is 9.55 Å². The fourth-order valence-electron chi connectivity index (χ4n) is 4.08. The molecule has 152 valence electrons. The number of rotatable bonds is 7. The summed E-state index contributed by atoms with van der Waals surface area (Å²) in [5, 5.41) is 0. The lowest BCUT2D eigenvalue weighted by Crippen LogP contribution is -2.37. The summed E-state index contributed by atoms with van der Waals surface area (Å²) >= 11 is 0. The fourth-order valence-corrected chi connectivity index (χ4v) is 4.08. The van der Waals surface area contributed by atoms with E-state index in [2.05, 4.69) is 4.98 Å². The predicted molar refractivity (Wildman–Crippen MR) is 107 cm³/mol. The SMILES string of the molecule is CC(C)c1c(CC2CCCCC2)n(COCc2ccc(F)cc2)c(=O)[nH]c1=O. The van der Waals surface area contributed by atoms with Gasteiger partial charge in [-0.3, -0.25) is 14.3 Å². The van der Waals surface area contributed by atoms with E-state index in [1.54, 1.807) is 16.7 Å². The maximum absolute atomic E-state index is 13.0. The van der Waals surface area contributed by atoms with E-state index in [-0.39, 0.29) is 30.6 Å². The Hall–Kier alpha value is -2.21. The van der Waals surface area contributed by atoms with E-state index in [4.69, 9.17) is 4.74 Å². The highest BCUT2D eigenvalue weighted by Crippen LogP contribution is 2.28. The van der Waals surface area contributed by atoms with Crippen LogP contribution in [0.25, 0.3) is 0 Å². The zero-order valence-corrected chi connectivity index (χ0v) is 16.7. The number of ether oxygens (including phenoxy) is 1. The van der Waals surface area contributed by atoms with E-state index in [1.165, 1.54) is 31.4 Å². The fraction of sp³-hybridized carbons (Fsp3) is 0.545. The van der Waals surface area contributed by atoms with Crippen LogP contribution in [0.15, 0.2) is 33.9 Å². The Bertz CT molecular complexity index is 893. The third kappa shape index (κ3) is 4.98. The standard InChI is InChI=1S/C22H29FN2O3/c1-15(2)20-19(12-16-6-4-3-5-7-16)25(22(27)24-21(20)26)14-28-13-17-8-10-18(23)11-9-17/h8-11,15-16H,3-7,12-14H2,1-2H3,(H,24,26,27). The minimum atomic E-state index is -0.431. The van der Waals surface area contributed by atoms with Gasteiger partial charge in [0.2, 0.25) is 0 Å². The molecule has 0 spiro atoms.